The Bertz CT molecular complexity index is 65.5. The summed E-state index contributed by atoms with van der Waals surface area (Å²) in [5.74, 6) is 0. The van der Waals surface area contributed by atoms with Crippen LogP contribution in [0.2, 0.25) is 0 Å². The van der Waals surface area contributed by atoms with Crippen LogP contribution in [0, 0.1) is 0 Å². The maximum atomic E-state index is 2.94. The van der Waals surface area contributed by atoms with E-state index >= 15 is 0 Å². The van der Waals surface area contributed by atoms with Crippen molar-refractivity contribution in [3.63, 3.8) is 0 Å². The Morgan fingerprint density at radius 3 is 2.00 bits per heavy atom. The molecule has 32 valence electrons. The number of hydrogen-bond acceptors (Lipinski definition) is 1. The minimum absolute atomic E-state index is 0.630. The van der Waals surface area contributed by atoms with E-state index in [1.165, 1.54) is 0 Å². The molecule has 1 aliphatic heterocycles. The van der Waals surface area contributed by atoms with E-state index in [4.69, 9.17) is 0 Å². The fraction of sp³-hybridized carbons (Fsp3) is 0. The summed E-state index contributed by atoms with van der Waals surface area (Å²) in [5.41, 5.74) is 0. The van der Waals surface area contributed by atoms with Gasteiger partial charge in [0, 0.05) is 0 Å². The predicted molar refractivity (Wildman–Crippen MR) is 27.2 cm³/mol. The first kappa shape index (κ1) is 3.97. The van der Waals surface area contributed by atoms with Gasteiger partial charge in [0.25, 0.3) is 0 Å². The number of rotatable bonds is 0. The summed E-state index contributed by atoms with van der Waals surface area (Å²) in [6, 6.07) is 0. The molecule has 6 heavy (non-hydrogen) atoms. The van der Waals surface area contributed by atoms with Crippen molar-refractivity contribution in [3.8, 4) is 0 Å². The zero-order valence-electron chi connectivity index (χ0n) is 3.22. The fourth-order valence-electron chi connectivity index (χ4n) is 0.258. The average Bonchev–Trinajstić information content (AvgIpc) is 1.72. The first-order chi connectivity index (χ1) is 3.00. The van der Waals surface area contributed by atoms with Gasteiger partial charge in [0.1, 0.15) is 0 Å². The molecule has 0 spiro atoms. The molecular weight excluding hydrogens is 141 g/mol. The summed E-state index contributed by atoms with van der Waals surface area (Å²) in [4.78, 5) is 4.26. The van der Waals surface area contributed by atoms with E-state index in [1.807, 2.05) is 12.4 Å². The molecule has 0 aromatic rings. The molecule has 1 heterocycles. The Morgan fingerprint density at radius 1 is 1.17 bits per heavy atom. The Kier molecular flexibility index (Phi) is 1.36. The molecule has 0 saturated heterocycles. The van der Waals surface area contributed by atoms with Crippen LogP contribution in [0.15, 0.2) is 22.3 Å². The van der Waals surface area contributed by atoms with Crippen molar-refractivity contribution < 1.29 is 0 Å². The summed E-state index contributed by atoms with van der Waals surface area (Å²) in [6.07, 6.45) is 3.92. The van der Waals surface area contributed by atoms with Gasteiger partial charge in [0.05, 0.1) is 0 Å². The number of nitrogens with one attached hydrogen (secondary N) is 1. The van der Waals surface area contributed by atoms with Gasteiger partial charge in [-0.05, 0) is 0 Å². The Balaban J connectivity index is 2.40. The summed E-state index contributed by atoms with van der Waals surface area (Å²) in [5, 5.41) is 2.94. The second-order valence-corrected chi connectivity index (χ2v) is 2.62. The topological polar surface area (TPSA) is 12.0 Å². The molecule has 1 rings (SSSR count). The summed E-state index contributed by atoms with van der Waals surface area (Å²) in [7, 11) is 0. The van der Waals surface area contributed by atoms with Crippen LogP contribution < -0.4 is 5.32 Å². The third-order valence-corrected chi connectivity index (χ3v) is 1.72. The SMILES string of the molecule is C1=C[Se]C=CN1. The molecule has 0 saturated carbocycles. The van der Waals surface area contributed by atoms with Gasteiger partial charge in [-0.2, -0.15) is 0 Å². The van der Waals surface area contributed by atoms with Crippen molar-refractivity contribution in [1.82, 2.24) is 5.32 Å². The number of hydrogen-bond donors (Lipinski definition) is 1. The van der Waals surface area contributed by atoms with E-state index in [9.17, 15) is 0 Å². The third-order valence-electron chi connectivity index (χ3n) is 0.486. The summed E-state index contributed by atoms with van der Waals surface area (Å²) >= 11 is 0.630. The van der Waals surface area contributed by atoms with Crippen LogP contribution in [0.3, 0.4) is 0 Å². The second-order valence-electron chi connectivity index (χ2n) is 0.908. The van der Waals surface area contributed by atoms with Crippen molar-refractivity contribution >= 4 is 15.0 Å². The monoisotopic (exact) mass is 147 g/mol. The first-order valence-electron chi connectivity index (χ1n) is 1.72. The van der Waals surface area contributed by atoms with E-state index in [1.54, 1.807) is 0 Å². The normalized spacial score (nSPS) is 17.3. The zero-order chi connectivity index (χ0) is 4.24. The van der Waals surface area contributed by atoms with Crippen LogP contribution in [-0.2, 0) is 0 Å². The Morgan fingerprint density at radius 2 is 1.83 bits per heavy atom. The molecule has 0 radical (unpaired) electrons. The van der Waals surface area contributed by atoms with Crippen molar-refractivity contribution in [2.75, 3.05) is 0 Å². The molecule has 1 N–H and O–H groups in total. The molecule has 1 aliphatic rings. The van der Waals surface area contributed by atoms with Crippen molar-refractivity contribution in [1.29, 1.82) is 0 Å². The van der Waals surface area contributed by atoms with Crippen LogP contribution >= 0.6 is 0 Å². The van der Waals surface area contributed by atoms with Crippen molar-refractivity contribution in [2.24, 2.45) is 0 Å². The summed E-state index contributed by atoms with van der Waals surface area (Å²) < 4.78 is 0. The van der Waals surface area contributed by atoms with E-state index < -0.39 is 0 Å². The van der Waals surface area contributed by atoms with Crippen LogP contribution in [0.4, 0.5) is 0 Å². The molecule has 0 aromatic carbocycles. The predicted octanol–water partition coefficient (Wildman–Crippen LogP) is 0.236. The summed E-state index contributed by atoms with van der Waals surface area (Å²) in [6.45, 7) is 0. The molecule has 0 atom stereocenters. The van der Waals surface area contributed by atoms with Crippen LogP contribution in [0.5, 0.6) is 0 Å². The molecule has 2 heteroatoms. The quantitative estimate of drug-likeness (QED) is 0.482. The standard InChI is InChI=1S/C4H5NSe/c1-3-6-4-2-5-1/h1-5H. The molecule has 0 unspecified atom stereocenters. The molecule has 0 bridgehead atoms. The molecule has 0 fully saturated rings. The second kappa shape index (κ2) is 2.06. The van der Waals surface area contributed by atoms with E-state index in [0.717, 1.165) is 0 Å². The Hall–Kier alpha value is -0.201. The van der Waals surface area contributed by atoms with E-state index in [2.05, 4.69) is 15.3 Å². The zero-order valence-corrected chi connectivity index (χ0v) is 4.93. The molecule has 0 amide bonds. The van der Waals surface area contributed by atoms with Gasteiger partial charge in [-0.25, -0.2) is 0 Å². The molecule has 0 aromatic heterocycles. The molecular formula is C4H5NSe. The van der Waals surface area contributed by atoms with Crippen LogP contribution in [0.1, 0.15) is 0 Å². The van der Waals surface area contributed by atoms with Gasteiger partial charge in [-0.1, -0.05) is 0 Å². The van der Waals surface area contributed by atoms with Gasteiger partial charge in [0.2, 0.25) is 0 Å². The molecule has 0 aliphatic carbocycles. The van der Waals surface area contributed by atoms with Gasteiger partial charge in [-0.15, -0.1) is 0 Å². The first-order valence-corrected chi connectivity index (χ1v) is 3.69. The maximum absolute atomic E-state index is 2.94. The van der Waals surface area contributed by atoms with Crippen LogP contribution in [-0.4, -0.2) is 15.0 Å². The van der Waals surface area contributed by atoms with Crippen LogP contribution in [0.25, 0.3) is 0 Å². The average molecular weight is 146 g/mol. The third kappa shape index (κ3) is 0.885. The van der Waals surface area contributed by atoms with Gasteiger partial charge in [-0.3, -0.25) is 0 Å². The van der Waals surface area contributed by atoms with E-state index in [-0.39, 0.29) is 0 Å². The van der Waals surface area contributed by atoms with Gasteiger partial charge >= 0.3 is 42.6 Å². The Labute approximate surface area is 43.3 Å². The van der Waals surface area contributed by atoms with Crippen molar-refractivity contribution in [2.45, 2.75) is 0 Å². The van der Waals surface area contributed by atoms with Gasteiger partial charge in [0.15, 0.2) is 0 Å². The van der Waals surface area contributed by atoms with Crippen molar-refractivity contribution in [3.05, 3.63) is 22.3 Å². The minimum atomic E-state index is 0.630. The van der Waals surface area contributed by atoms with Gasteiger partial charge < -0.3 is 0 Å². The molecule has 1 nitrogen and oxygen atoms in total. The fourth-order valence-corrected chi connectivity index (χ4v) is 1.11. The van der Waals surface area contributed by atoms with E-state index in [0.29, 0.717) is 15.0 Å².